The van der Waals surface area contributed by atoms with Gasteiger partial charge in [-0.2, -0.15) is 5.26 Å². The van der Waals surface area contributed by atoms with Gasteiger partial charge in [-0.15, -0.1) is 0 Å². The monoisotopic (exact) mass is 593 g/mol. The number of nitrogens with two attached hydrogens (primary N) is 1. The third kappa shape index (κ3) is 6.00. The summed E-state index contributed by atoms with van der Waals surface area (Å²) in [5, 5.41) is 10.3. The van der Waals surface area contributed by atoms with Gasteiger partial charge in [-0.05, 0) is 64.9 Å². The molecule has 1 aliphatic carbocycles. The molecular formula is C31H36BrN3O4. The lowest BCUT2D eigenvalue weighted by Crippen LogP contribution is -2.43. The zero-order valence-corrected chi connectivity index (χ0v) is 24.9. The molecule has 1 aliphatic heterocycles. The molecule has 0 saturated carbocycles. The SMILES string of the molecule is CCOc1cc([C@@H]2C(C#N)=C(N)N(CCOC)C3=C2C(=O)CC(C)(C)C3)cc(Br)c1OCc1ccc(C)cc1. The van der Waals surface area contributed by atoms with Gasteiger partial charge >= 0.3 is 0 Å². The Hall–Kier alpha value is -3.28. The van der Waals surface area contributed by atoms with Crippen LogP contribution in [0.1, 0.15) is 56.2 Å². The fraction of sp³-hybridized carbons (Fsp3) is 0.419. The summed E-state index contributed by atoms with van der Waals surface area (Å²) in [4.78, 5) is 15.6. The molecule has 0 unspecified atom stereocenters. The number of rotatable bonds is 9. The highest BCUT2D eigenvalue weighted by Gasteiger charge is 2.44. The van der Waals surface area contributed by atoms with Crippen LogP contribution >= 0.6 is 15.9 Å². The first-order valence-corrected chi connectivity index (χ1v) is 14.0. The van der Waals surface area contributed by atoms with Crippen LogP contribution in [0.15, 0.2) is 63.5 Å². The summed E-state index contributed by atoms with van der Waals surface area (Å²) in [6, 6.07) is 14.3. The molecule has 8 heteroatoms. The van der Waals surface area contributed by atoms with Gasteiger partial charge < -0.3 is 24.8 Å². The normalized spacial score (nSPS) is 18.6. The highest BCUT2D eigenvalue weighted by Crippen LogP contribution is 2.50. The maximum atomic E-state index is 13.7. The Kier molecular flexibility index (Phi) is 8.73. The van der Waals surface area contributed by atoms with Crippen LogP contribution in [-0.4, -0.2) is 37.6 Å². The number of ketones is 1. The van der Waals surface area contributed by atoms with Gasteiger partial charge in [0.25, 0.3) is 0 Å². The number of aryl methyl sites for hydroxylation is 1. The first kappa shape index (κ1) is 28.7. The maximum Gasteiger partial charge on any atom is 0.175 e. The largest absolute Gasteiger partial charge is 0.490 e. The first-order valence-electron chi connectivity index (χ1n) is 13.2. The number of benzene rings is 2. The van der Waals surface area contributed by atoms with Crippen molar-refractivity contribution in [3.05, 3.63) is 80.2 Å². The summed E-state index contributed by atoms with van der Waals surface area (Å²) >= 11 is 3.68. The number of methoxy groups -OCH3 is 1. The van der Waals surface area contributed by atoms with E-state index in [1.807, 2.05) is 55.1 Å². The first-order chi connectivity index (χ1) is 18.6. The van der Waals surface area contributed by atoms with Crippen molar-refractivity contribution in [3.63, 3.8) is 0 Å². The zero-order chi connectivity index (χ0) is 28.3. The Morgan fingerprint density at radius 2 is 1.90 bits per heavy atom. The van der Waals surface area contributed by atoms with Crippen molar-refractivity contribution in [2.45, 2.75) is 53.1 Å². The van der Waals surface area contributed by atoms with E-state index in [9.17, 15) is 10.1 Å². The number of hydrogen-bond donors (Lipinski definition) is 1. The van der Waals surface area contributed by atoms with E-state index in [0.29, 0.717) is 72.1 Å². The molecule has 0 bridgehead atoms. The minimum atomic E-state index is -0.603. The molecule has 2 aromatic carbocycles. The summed E-state index contributed by atoms with van der Waals surface area (Å²) in [6.07, 6.45) is 1.07. The molecule has 0 fully saturated rings. The lowest BCUT2D eigenvalue weighted by molar-refractivity contribution is -0.118. The van der Waals surface area contributed by atoms with Crippen molar-refractivity contribution < 1.29 is 19.0 Å². The van der Waals surface area contributed by atoms with Crippen LogP contribution in [0.2, 0.25) is 0 Å². The van der Waals surface area contributed by atoms with Crippen LogP contribution in [0.5, 0.6) is 11.5 Å². The summed E-state index contributed by atoms with van der Waals surface area (Å²) in [7, 11) is 1.62. The molecule has 0 spiro atoms. The Morgan fingerprint density at radius 3 is 2.54 bits per heavy atom. The Morgan fingerprint density at radius 1 is 1.18 bits per heavy atom. The number of hydrogen-bond acceptors (Lipinski definition) is 7. The molecule has 2 N–H and O–H groups in total. The number of ether oxygens (including phenoxy) is 3. The fourth-order valence-corrected chi connectivity index (χ4v) is 5.92. The summed E-state index contributed by atoms with van der Waals surface area (Å²) < 4.78 is 18.2. The molecule has 206 valence electrons. The van der Waals surface area contributed by atoms with Gasteiger partial charge in [0.15, 0.2) is 17.3 Å². The van der Waals surface area contributed by atoms with E-state index < -0.39 is 5.92 Å². The average Bonchev–Trinajstić information content (AvgIpc) is 2.87. The Bertz CT molecular complexity index is 1360. The standard InChI is InChI=1S/C31H36BrN3O4/c1-6-38-26-14-21(13-23(32)29(26)39-18-20-9-7-19(2)8-10-20)27-22(17-33)30(34)35(11-12-37-5)24-15-31(3,4)16-25(36)28(24)27/h7-10,13-14,27H,6,11-12,15-16,18,34H2,1-5H3/t27-/m1/s1. The molecule has 7 nitrogen and oxygen atoms in total. The molecule has 39 heavy (non-hydrogen) atoms. The number of halogens is 1. The van der Waals surface area contributed by atoms with Gasteiger partial charge in [-0.25, -0.2) is 0 Å². The highest BCUT2D eigenvalue weighted by atomic mass is 79.9. The number of carbonyl (C=O) groups is 1. The van der Waals surface area contributed by atoms with Crippen molar-refractivity contribution in [2.75, 3.05) is 26.9 Å². The molecule has 2 aliphatic rings. The van der Waals surface area contributed by atoms with Gasteiger partial charge in [-0.3, -0.25) is 4.79 Å². The summed E-state index contributed by atoms with van der Waals surface area (Å²) in [5.74, 6) is 0.895. The third-order valence-corrected chi connectivity index (χ3v) is 7.76. The second-order valence-electron chi connectivity index (χ2n) is 10.8. The number of Topliss-reactive ketones (excluding diaryl/α,β-unsaturated/α-hetero) is 1. The third-order valence-electron chi connectivity index (χ3n) is 7.17. The molecule has 2 aromatic rings. The van der Waals surface area contributed by atoms with Crippen molar-refractivity contribution in [1.29, 1.82) is 5.26 Å². The maximum absolute atomic E-state index is 13.7. The molecule has 4 rings (SSSR count). The topological polar surface area (TPSA) is 97.8 Å². The molecule has 0 saturated heterocycles. The zero-order valence-electron chi connectivity index (χ0n) is 23.3. The minimum Gasteiger partial charge on any atom is -0.490 e. The second-order valence-corrected chi connectivity index (χ2v) is 11.7. The van der Waals surface area contributed by atoms with E-state index in [4.69, 9.17) is 19.9 Å². The minimum absolute atomic E-state index is 0.0303. The van der Waals surface area contributed by atoms with Gasteiger partial charge in [-0.1, -0.05) is 43.7 Å². The van der Waals surface area contributed by atoms with Gasteiger partial charge in [0.1, 0.15) is 12.4 Å². The Labute approximate surface area is 239 Å². The predicted molar refractivity (Wildman–Crippen MR) is 154 cm³/mol. The van der Waals surface area contributed by atoms with Gasteiger partial charge in [0, 0.05) is 31.3 Å². The van der Waals surface area contributed by atoms with Crippen LogP contribution in [0.4, 0.5) is 0 Å². The molecule has 0 radical (unpaired) electrons. The quantitative estimate of drug-likeness (QED) is 0.374. The smallest absolute Gasteiger partial charge is 0.175 e. The second kappa shape index (κ2) is 11.8. The number of nitriles is 1. The average molecular weight is 595 g/mol. The Balaban J connectivity index is 1.81. The van der Waals surface area contributed by atoms with E-state index in [2.05, 4.69) is 35.8 Å². The van der Waals surface area contributed by atoms with Crippen molar-refractivity contribution in [2.24, 2.45) is 11.1 Å². The number of carbonyl (C=O) groups excluding carboxylic acids is 1. The summed E-state index contributed by atoms with van der Waals surface area (Å²) in [5.41, 5.74) is 11.2. The van der Waals surface area contributed by atoms with E-state index in [-0.39, 0.29) is 11.2 Å². The van der Waals surface area contributed by atoms with E-state index in [1.54, 1.807) is 7.11 Å². The molecule has 1 heterocycles. The number of nitrogens with zero attached hydrogens (tertiary/aromatic N) is 2. The van der Waals surface area contributed by atoms with Crippen LogP contribution in [0.25, 0.3) is 0 Å². The van der Waals surface area contributed by atoms with Crippen LogP contribution < -0.4 is 15.2 Å². The van der Waals surface area contributed by atoms with Crippen LogP contribution in [-0.2, 0) is 16.1 Å². The molecule has 0 aromatic heterocycles. The summed E-state index contributed by atoms with van der Waals surface area (Å²) in [6.45, 7) is 9.80. The van der Waals surface area contributed by atoms with Crippen molar-refractivity contribution >= 4 is 21.7 Å². The van der Waals surface area contributed by atoms with Crippen LogP contribution in [0.3, 0.4) is 0 Å². The van der Waals surface area contributed by atoms with E-state index in [1.165, 1.54) is 5.56 Å². The lowest BCUT2D eigenvalue weighted by atomic mass is 9.68. The fourth-order valence-electron chi connectivity index (χ4n) is 5.34. The van der Waals surface area contributed by atoms with Crippen LogP contribution in [0, 0.1) is 23.7 Å². The molecule has 1 atom stereocenters. The number of allylic oxidation sites excluding steroid dienone is 3. The predicted octanol–water partition coefficient (Wildman–Crippen LogP) is 6.12. The molecular weight excluding hydrogens is 558 g/mol. The van der Waals surface area contributed by atoms with Crippen molar-refractivity contribution in [1.82, 2.24) is 4.90 Å². The highest BCUT2D eigenvalue weighted by molar-refractivity contribution is 9.10. The lowest BCUT2D eigenvalue weighted by Gasteiger charge is -2.43. The van der Waals surface area contributed by atoms with Gasteiger partial charge in [0.05, 0.1) is 35.2 Å². The van der Waals surface area contributed by atoms with E-state index >= 15 is 0 Å². The molecule has 0 amide bonds. The van der Waals surface area contributed by atoms with Crippen molar-refractivity contribution in [3.8, 4) is 17.6 Å². The van der Waals surface area contributed by atoms with Gasteiger partial charge in [0.2, 0.25) is 0 Å². The van der Waals surface area contributed by atoms with E-state index in [0.717, 1.165) is 16.8 Å².